The molecule has 0 heterocycles. The van der Waals surface area contributed by atoms with Crippen LogP contribution in [-0.4, -0.2) is 22.7 Å². The molecule has 0 aliphatic rings. The van der Waals surface area contributed by atoms with Gasteiger partial charge in [0.2, 0.25) is 5.91 Å². The Morgan fingerprint density at radius 2 is 1.52 bits per heavy atom. The van der Waals surface area contributed by atoms with Crippen molar-refractivity contribution in [3.05, 3.63) is 60.2 Å². The zero-order valence-electron chi connectivity index (χ0n) is 12.9. The second kappa shape index (κ2) is 5.21. The summed E-state index contributed by atoms with van der Waals surface area (Å²) < 4.78 is 0. The zero-order valence-corrected chi connectivity index (χ0v) is 12.9. The number of benzene rings is 4. The first-order valence-corrected chi connectivity index (χ1v) is 7.77. The van der Waals surface area contributed by atoms with Crippen LogP contribution < -0.4 is 0 Å². The summed E-state index contributed by atoms with van der Waals surface area (Å²) in [6.45, 7) is 1.67. The summed E-state index contributed by atoms with van der Waals surface area (Å²) in [6.07, 6.45) is 0.629. The second-order valence-corrected chi connectivity index (χ2v) is 5.97. The molecule has 1 N–H and O–H groups in total. The van der Waals surface area contributed by atoms with Gasteiger partial charge in [0, 0.05) is 6.92 Å². The summed E-state index contributed by atoms with van der Waals surface area (Å²) in [5.74, 6) is -0.331. The topological polar surface area (TPSA) is 40.5 Å². The summed E-state index contributed by atoms with van der Waals surface area (Å²) in [5.41, 5.74) is 1.15. The lowest BCUT2D eigenvalue weighted by Crippen LogP contribution is -2.26. The van der Waals surface area contributed by atoms with Crippen molar-refractivity contribution in [3.63, 3.8) is 0 Å². The van der Waals surface area contributed by atoms with Crippen molar-refractivity contribution < 1.29 is 10.0 Å². The first-order valence-electron chi connectivity index (χ1n) is 7.77. The van der Waals surface area contributed by atoms with Crippen LogP contribution in [0.2, 0.25) is 0 Å². The second-order valence-electron chi connectivity index (χ2n) is 5.97. The molecular weight excluding hydrogens is 286 g/mol. The third-order valence-corrected chi connectivity index (χ3v) is 4.58. The number of carbonyl (C=O) groups excluding carboxylic acids is 1. The van der Waals surface area contributed by atoms with Crippen LogP contribution in [0.4, 0.5) is 0 Å². The molecule has 0 fully saturated rings. The number of hydrogen-bond acceptors (Lipinski definition) is 2. The van der Waals surface area contributed by atoms with Gasteiger partial charge in [0.1, 0.15) is 0 Å². The van der Waals surface area contributed by atoms with Crippen molar-refractivity contribution in [1.82, 2.24) is 5.06 Å². The lowest BCUT2D eigenvalue weighted by molar-refractivity contribution is -0.162. The van der Waals surface area contributed by atoms with Gasteiger partial charge in [-0.3, -0.25) is 10.0 Å². The third-order valence-electron chi connectivity index (χ3n) is 4.58. The molecule has 0 saturated carbocycles. The van der Waals surface area contributed by atoms with E-state index in [2.05, 4.69) is 54.6 Å². The summed E-state index contributed by atoms with van der Waals surface area (Å²) in [4.78, 5) is 11.2. The van der Waals surface area contributed by atoms with Crippen LogP contribution in [0.25, 0.3) is 32.3 Å². The van der Waals surface area contributed by atoms with Crippen LogP contribution >= 0.6 is 0 Å². The molecule has 4 aromatic rings. The highest BCUT2D eigenvalue weighted by Gasteiger charge is 2.12. The Balaban J connectivity index is 1.91. The smallest absolute Gasteiger partial charge is 0.242 e. The molecule has 0 spiro atoms. The summed E-state index contributed by atoms with van der Waals surface area (Å²) in [5, 5.41) is 17.9. The van der Waals surface area contributed by atoms with Gasteiger partial charge in [0.05, 0.1) is 6.54 Å². The SMILES string of the molecule is CC(=O)N(O)CCc1ccc2ccc3cccc4ccc1c2c34. The van der Waals surface area contributed by atoms with Crippen LogP contribution in [0.1, 0.15) is 12.5 Å². The van der Waals surface area contributed by atoms with Gasteiger partial charge in [0.25, 0.3) is 0 Å². The van der Waals surface area contributed by atoms with Gasteiger partial charge in [-0.05, 0) is 44.3 Å². The average Bonchev–Trinajstić information content (AvgIpc) is 2.58. The van der Waals surface area contributed by atoms with E-state index in [1.807, 2.05) is 0 Å². The van der Waals surface area contributed by atoms with E-state index in [0.29, 0.717) is 13.0 Å². The molecule has 1 amide bonds. The Bertz CT molecular complexity index is 1010. The van der Waals surface area contributed by atoms with Crippen molar-refractivity contribution in [2.24, 2.45) is 0 Å². The molecular formula is C20H17NO2. The molecule has 0 aliphatic carbocycles. The van der Waals surface area contributed by atoms with Crippen LogP contribution in [0, 0.1) is 0 Å². The van der Waals surface area contributed by atoms with Crippen LogP contribution in [0.5, 0.6) is 0 Å². The van der Waals surface area contributed by atoms with E-state index in [-0.39, 0.29) is 5.91 Å². The molecule has 0 bridgehead atoms. The predicted molar refractivity (Wildman–Crippen MR) is 93.0 cm³/mol. The standard InChI is InChI=1S/C20H17NO2/c1-13(22)21(23)12-11-14-5-6-17-8-7-15-3-2-4-16-9-10-18(14)20(17)19(15)16/h2-10,23H,11-12H2,1H3. The van der Waals surface area contributed by atoms with Gasteiger partial charge in [-0.1, -0.05) is 54.6 Å². The third kappa shape index (κ3) is 2.21. The summed E-state index contributed by atoms with van der Waals surface area (Å²) in [6, 6.07) is 19.2. The minimum Gasteiger partial charge on any atom is -0.286 e. The zero-order chi connectivity index (χ0) is 16.0. The fourth-order valence-corrected chi connectivity index (χ4v) is 3.40. The van der Waals surface area contributed by atoms with Gasteiger partial charge < -0.3 is 0 Å². The molecule has 0 unspecified atom stereocenters. The molecule has 3 heteroatoms. The molecule has 114 valence electrons. The van der Waals surface area contributed by atoms with Crippen molar-refractivity contribution in [3.8, 4) is 0 Å². The maximum atomic E-state index is 11.2. The van der Waals surface area contributed by atoms with E-state index in [4.69, 9.17) is 0 Å². The monoisotopic (exact) mass is 303 g/mol. The predicted octanol–water partition coefficient (Wildman–Crippen LogP) is 4.36. The number of hydroxylamine groups is 2. The normalized spacial score (nSPS) is 11.6. The highest BCUT2D eigenvalue weighted by atomic mass is 16.5. The number of rotatable bonds is 3. The Hall–Kier alpha value is -2.65. The van der Waals surface area contributed by atoms with E-state index >= 15 is 0 Å². The Morgan fingerprint density at radius 3 is 2.22 bits per heavy atom. The van der Waals surface area contributed by atoms with Gasteiger partial charge in [-0.25, -0.2) is 5.06 Å². The molecule has 0 aromatic heterocycles. The van der Waals surface area contributed by atoms with Crippen molar-refractivity contribution >= 4 is 38.2 Å². The first-order chi connectivity index (χ1) is 11.1. The molecule has 3 nitrogen and oxygen atoms in total. The summed E-state index contributed by atoms with van der Waals surface area (Å²) >= 11 is 0. The summed E-state index contributed by atoms with van der Waals surface area (Å²) in [7, 11) is 0. The maximum Gasteiger partial charge on any atom is 0.242 e. The minimum absolute atomic E-state index is 0.305. The van der Waals surface area contributed by atoms with Crippen molar-refractivity contribution in [1.29, 1.82) is 0 Å². The van der Waals surface area contributed by atoms with E-state index in [1.165, 1.54) is 39.2 Å². The van der Waals surface area contributed by atoms with Crippen LogP contribution in [0.3, 0.4) is 0 Å². The van der Waals surface area contributed by atoms with Crippen LogP contribution in [-0.2, 0) is 11.2 Å². The number of amides is 1. The highest BCUT2D eigenvalue weighted by molar-refractivity contribution is 6.23. The fraction of sp³-hybridized carbons (Fsp3) is 0.150. The Labute approximate surface area is 134 Å². The maximum absolute atomic E-state index is 11.2. The first kappa shape index (κ1) is 14.0. The Kier molecular flexibility index (Phi) is 3.17. The van der Waals surface area contributed by atoms with E-state index < -0.39 is 0 Å². The van der Waals surface area contributed by atoms with E-state index in [1.54, 1.807) is 0 Å². The largest absolute Gasteiger partial charge is 0.286 e. The van der Waals surface area contributed by atoms with Crippen molar-refractivity contribution in [2.45, 2.75) is 13.3 Å². The molecule has 4 aromatic carbocycles. The van der Waals surface area contributed by atoms with E-state index in [9.17, 15) is 10.0 Å². The molecule has 23 heavy (non-hydrogen) atoms. The quantitative estimate of drug-likeness (QED) is 0.347. The van der Waals surface area contributed by atoms with E-state index in [0.717, 1.165) is 10.6 Å². The lowest BCUT2D eigenvalue weighted by Gasteiger charge is -2.16. The van der Waals surface area contributed by atoms with Gasteiger partial charge in [-0.2, -0.15) is 0 Å². The molecule has 0 radical (unpaired) electrons. The molecule has 0 saturated heterocycles. The molecule has 0 aliphatic heterocycles. The van der Waals surface area contributed by atoms with Crippen LogP contribution in [0.15, 0.2) is 54.6 Å². The van der Waals surface area contributed by atoms with Gasteiger partial charge in [0.15, 0.2) is 0 Å². The molecule has 0 atom stereocenters. The van der Waals surface area contributed by atoms with Gasteiger partial charge in [-0.15, -0.1) is 0 Å². The molecule has 4 rings (SSSR count). The van der Waals surface area contributed by atoms with Crippen molar-refractivity contribution in [2.75, 3.05) is 6.54 Å². The highest BCUT2D eigenvalue weighted by Crippen LogP contribution is 2.35. The number of carbonyl (C=O) groups is 1. The average molecular weight is 303 g/mol. The fourth-order valence-electron chi connectivity index (χ4n) is 3.40. The number of hydrogen-bond donors (Lipinski definition) is 1. The number of nitrogens with zero attached hydrogens (tertiary/aromatic N) is 1. The minimum atomic E-state index is -0.331. The Morgan fingerprint density at radius 1 is 0.913 bits per heavy atom. The lowest BCUT2D eigenvalue weighted by atomic mass is 9.91. The van der Waals surface area contributed by atoms with Gasteiger partial charge >= 0.3 is 0 Å².